The predicted molar refractivity (Wildman–Crippen MR) is 178 cm³/mol. The van der Waals surface area contributed by atoms with Crippen molar-refractivity contribution >= 4 is 27.5 Å². The standard InChI is InChI=1S/C37H41N3O4S/c1-29-22-24-34(25-23-29)45(43,44)40(33-20-12-5-13-21-33)28-36(41)39(27-31-16-8-3-9-17-31)35(26-30-14-6-2-7-15-30)37(42)38-32-18-10-4-11-19-32/h2-3,5-9,12-17,20-25,32,35H,4,10-11,18-19,26-28H2,1H3,(H,38,42)/t35-/m1/s1. The highest BCUT2D eigenvalue weighted by Crippen LogP contribution is 2.25. The maximum atomic E-state index is 14.5. The molecule has 1 N–H and O–H groups in total. The molecule has 7 nitrogen and oxygen atoms in total. The number of rotatable bonds is 12. The summed E-state index contributed by atoms with van der Waals surface area (Å²) in [5, 5.41) is 3.24. The van der Waals surface area contributed by atoms with Crippen molar-refractivity contribution in [3.63, 3.8) is 0 Å². The predicted octanol–water partition coefficient (Wildman–Crippen LogP) is 6.28. The van der Waals surface area contributed by atoms with Gasteiger partial charge in [0.2, 0.25) is 11.8 Å². The van der Waals surface area contributed by atoms with Crippen LogP contribution in [0.4, 0.5) is 5.69 Å². The Bertz CT molecular complexity index is 1640. The van der Waals surface area contributed by atoms with Crippen molar-refractivity contribution in [1.82, 2.24) is 10.2 Å². The molecule has 1 aliphatic rings. The normalized spacial score (nSPS) is 14.3. The Labute approximate surface area is 266 Å². The lowest BCUT2D eigenvalue weighted by Crippen LogP contribution is -2.55. The molecule has 0 aliphatic heterocycles. The maximum absolute atomic E-state index is 14.5. The number of para-hydroxylation sites is 1. The van der Waals surface area contributed by atoms with Crippen molar-refractivity contribution in [2.24, 2.45) is 0 Å². The molecule has 0 saturated heterocycles. The van der Waals surface area contributed by atoms with E-state index in [-0.39, 0.29) is 23.4 Å². The van der Waals surface area contributed by atoms with Gasteiger partial charge in [0.15, 0.2) is 0 Å². The van der Waals surface area contributed by atoms with Crippen molar-refractivity contribution in [3.8, 4) is 0 Å². The first kappa shape index (κ1) is 32.0. The Kier molecular flexibility index (Phi) is 10.7. The van der Waals surface area contributed by atoms with E-state index in [1.807, 2.05) is 67.6 Å². The molecule has 0 unspecified atom stereocenters. The molecule has 4 aromatic rings. The van der Waals surface area contributed by atoms with Crippen molar-refractivity contribution in [3.05, 3.63) is 132 Å². The zero-order valence-corrected chi connectivity index (χ0v) is 26.5. The molecule has 8 heteroatoms. The van der Waals surface area contributed by atoms with Crippen LogP contribution in [-0.2, 0) is 32.6 Å². The van der Waals surface area contributed by atoms with Gasteiger partial charge in [-0.2, -0.15) is 0 Å². The lowest BCUT2D eigenvalue weighted by atomic mass is 9.94. The summed E-state index contributed by atoms with van der Waals surface area (Å²) in [6.45, 7) is 1.58. The van der Waals surface area contributed by atoms with Crippen molar-refractivity contribution in [2.75, 3.05) is 10.8 Å². The van der Waals surface area contributed by atoms with Gasteiger partial charge >= 0.3 is 0 Å². The molecule has 0 bridgehead atoms. The van der Waals surface area contributed by atoms with Crippen LogP contribution < -0.4 is 9.62 Å². The molecule has 45 heavy (non-hydrogen) atoms. The van der Waals surface area contributed by atoms with E-state index in [2.05, 4.69) is 5.32 Å². The minimum Gasteiger partial charge on any atom is -0.352 e. The van der Waals surface area contributed by atoms with E-state index in [1.54, 1.807) is 59.5 Å². The first-order valence-corrected chi connectivity index (χ1v) is 17.1. The highest BCUT2D eigenvalue weighted by Gasteiger charge is 2.35. The number of aryl methyl sites for hydroxylation is 1. The van der Waals surface area contributed by atoms with Gasteiger partial charge in [0, 0.05) is 19.0 Å². The van der Waals surface area contributed by atoms with E-state index >= 15 is 0 Å². The Hall–Kier alpha value is -4.43. The number of anilines is 1. The maximum Gasteiger partial charge on any atom is 0.264 e. The fraction of sp³-hybridized carbons (Fsp3) is 0.297. The summed E-state index contributed by atoms with van der Waals surface area (Å²) in [5.41, 5.74) is 3.07. The van der Waals surface area contributed by atoms with Gasteiger partial charge in [0.25, 0.3) is 10.0 Å². The van der Waals surface area contributed by atoms with Gasteiger partial charge in [-0.1, -0.05) is 116 Å². The van der Waals surface area contributed by atoms with Crippen LogP contribution in [-0.4, -0.2) is 43.8 Å². The minimum atomic E-state index is -4.11. The summed E-state index contributed by atoms with van der Waals surface area (Å²) in [6.07, 6.45) is 5.39. The van der Waals surface area contributed by atoms with Gasteiger partial charge in [-0.25, -0.2) is 8.42 Å². The van der Waals surface area contributed by atoms with Crippen molar-refractivity contribution in [2.45, 2.75) is 69.0 Å². The summed E-state index contributed by atoms with van der Waals surface area (Å²) in [4.78, 5) is 30.3. The Morgan fingerprint density at radius 3 is 1.91 bits per heavy atom. The SMILES string of the molecule is Cc1ccc(S(=O)(=O)N(CC(=O)N(Cc2ccccc2)[C@H](Cc2ccccc2)C(=O)NC2CCCCC2)c2ccccc2)cc1. The second-order valence-corrected chi connectivity index (χ2v) is 13.6. The Morgan fingerprint density at radius 1 is 0.756 bits per heavy atom. The zero-order valence-electron chi connectivity index (χ0n) is 25.7. The average molecular weight is 624 g/mol. The van der Waals surface area contributed by atoms with E-state index in [0.29, 0.717) is 12.1 Å². The number of hydrogen-bond donors (Lipinski definition) is 1. The van der Waals surface area contributed by atoms with E-state index in [9.17, 15) is 18.0 Å². The molecule has 4 aromatic carbocycles. The average Bonchev–Trinajstić information content (AvgIpc) is 3.07. The monoisotopic (exact) mass is 623 g/mol. The number of nitrogens with one attached hydrogen (secondary N) is 1. The summed E-state index contributed by atoms with van der Waals surface area (Å²) in [7, 11) is -4.11. The van der Waals surface area contributed by atoms with Gasteiger partial charge < -0.3 is 10.2 Å². The summed E-state index contributed by atoms with van der Waals surface area (Å²) < 4.78 is 29.3. The van der Waals surface area contributed by atoms with Crippen LogP contribution >= 0.6 is 0 Å². The quantitative estimate of drug-likeness (QED) is 0.201. The second-order valence-electron chi connectivity index (χ2n) is 11.7. The third-order valence-electron chi connectivity index (χ3n) is 8.35. The van der Waals surface area contributed by atoms with E-state index in [0.717, 1.165) is 53.1 Å². The lowest BCUT2D eigenvalue weighted by molar-refractivity contribution is -0.140. The molecule has 1 aliphatic carbocycles. The topological polar surface area (TPSA) is 86.8 Å². The molecular formula is C37H41N3O4S. The molecule has 0 aromatic heterocycles. The number of nitrogens with zero attached hydrogens (tertiary/aromatic N) is 2. The first-order chi connectivity index (χ1) is 21.8. The van der Waals surface area contributed by atoms with Crippen LogP contribution in [0.25, 0.3) is 0 Å². The number of amides is 2. The minimum absolute atomic E-state index is 0.0564. The molecular weight excluding hydrogens is 582 g/mol. The van der Waals surface area contributed by atoms with Crippen LogP contribution in [0.5, 0.6) is 0 Å². The van der Waals surface area contributed by atoms with E-state index in [4.69, 9.17) is 0 Å². The molecule has 234 valence electrons. The second kappa shape index (κ2) is 15.0. The van der Waals surface area contributed by atoms with Gasteiger partial charge in [-0.15, -0.1) is 0 Å². The van der Waals surface area contributed by atoms with Crippen LogP contribution in [0.3, 0.4) is 0 Å². The molecule has 1 fully saturated rings. The highest BCUT2D eigenvalue weighted by molar-refractivity contribution is 7.92. The number of hydrogen-bond acceptors (Lipinski definition) is 4. The van der Waals surface area contributed by atoms with E-state index in [1.165, 1.54) is 0 Å². The zero-order chi connectivity index (χ0) is 31.6. The van der Waals surface area contributed by atoms with Gasteiger partial charge in [0.1, 0.15) is 12.6 Å². The number of benzene rings is 4. The van der Waals surface area contributed by atoms with Gasteiger partial charge in [0.05, 0.1) is 10.6 Å². The van der Waals surface area contributed by atoms with E-state index < -0.39 is 28.5 Å². The van der Waals surface area contributed by atoms with Crippen molar-refractivity contribution < 1.29 is 18.0 Å². The lowest BCUT2D eigenvalue weighted by Gasteiger charge is -2.35. The van der Waals surface area contributed by atoms with Crippen LogP contribution in [0.2, 0.25) is 0 Å². The number of carbonyl (C=O) groups excluding carboxylic acids is 2. The smallest absolute Gasteiger partial charge is 0.264 e. The summed E-state index contributed by atoms with van der Waals surface area (Å²) >= 11 is 0. The van der Waals surface area contributed by atoms with Gasteiger partial charge in [-0.3, -0.25) is 13.9 Å². The fourth-order valence-corrected chi connectivity index (χ4v) is 7.25. The van der Waals surface area contributed by atoms with Crippen LogP contribution in [0.1, 0.15) is 48.8 Å². The summed E-state index contributed by atoms with van der Waals surface area (Å²) in [5.74, 6) is -0.680. The third kappa shape index (κ3) is 8.39. The number of sulfonamides is 1. The van der Waals surface area contributed by atoms with Crippen LogP contribution in [0.15, 0.2) is 120 Å². The Morgan fingerprint density at radius 2 is 1.31 bits per heavy atom. The molecule has 5 rings (SSSR count). The molecule has 1 saturated carbocycles. The fourth-order valence-electron chi connectivity index (χ4n) is 5.84. The molecule has 0 spiro atoms. The van der Waals surface area contributed by atoms with Crippen LogP contribution in [0, 0.1) is 6.92 Å². The first-order valence-electron chi connectivity index (χ1n) is 15.6. The van der Waals surface area contributed by atoms with Crippen molar-refractivity contribution in [1.29, 1.82) is 0 Å². The molecule has 0 heterocycles. The summed E-state index contributed by atoms with van der Waals surface area (Å²) in [6, 6.07) is 33.6. The molecule has 0 radical (unpaired) electrons. The largest absolute Gasteiger partial charge is 0.352 e. The Balaban J connectivity index is 1.53. The van der Waals surface area contributed by atoms with Gasteiger partial charge in [-0.05, 0) is 55.2 Å². The third-order valence-corrected chi connectivity index (χ3v) is 10.1. The molecule has 2 amide bonds. The highest BCUT2D eigenvalue weighted by atomic mass is 32.2. The molecule has 1 atom stereocenters. The number of carbonyl (C=O) groups is 2.